The van der Waals surface area contributed by atoms with Gasteiger partial charge in [0.2, 0.25) is 0 Å². The van der Waals surface area contributed by atoms with Gasteiger partial charge in [-0.3, -0.25) is 0 Å². The van der Waals surface area contributed by atoms with E-state index in [-0.39, 0.29) is 0 Å². The molecule has 0 amide bonds. The number of hydrogen-bond donors (Lipinski definition) is 0. The molecule has 0 saturated heterocycles. The molecular weight excluding hydrogens is 1830 g/mol. The van der Waals surface area contributed by atoms with Crippen LogP contribution < -0.4 is 14.7 Å². The van der Waals surface area contributed by atoms with Crippen LogP contribution in [-0.2, 0) is 0 Å². The highest BCUT2D eigenvalue weighted by Crippen LogP contribution is 2.49. The Morgan fingerprint density at radius 3 is 0.716 bits per heavy atom. The van der Waals surface area contributed by atoms with Gasteiger partial charge in [0.1, 0.15) is 11.2 Å². The van der Waals surface area contributed by atoms with E-state index in [9.17, 15) is 0 Å². The molecule has 28 rings (SSSR count). The topological polar surface area (TPSA) is 22.9 Å². The number of rotatable bonds is 18. The summed E-state index contributed by atoms with van der Waals surface area (Å²) in [5.74, 6) is 0. The summed E-state index contributed by atoms with van der Waals surface area (Å²) >= 11 is 3.72. The molecule has 6 heteroatoms. The quantitative estimate of drug-likeness (QED) is 0.0854. The van der Waals surface area contributed by atoms with E-state index in [2.05, 4.69) is 579 Å². The number of nitrogens with zero attached hydrogens (tertiary/aromatic N) is 3. The largest absolute Gasteiger partial charge is 0.456 e. The third-order valence-electron chi connectivity index (χ3n) is 28.8. The maximum atomic E-state index is 6.33. The van der Waals surface area contributed by atoms with Crippen LogP contribution in [0.3, 0.4) is 0 Å². The van der Waals surface area contributed by atoms with E-state index in [4.69, 9.17) is 4.42 Å². The molecule has 0 aliphatic carbocycles. The van der Waals surface area contributed by atoms with Crippen molar-refractivity contribution in [1.82, 2.24) is 0 Å². The van der Waals surface area contributed by atoms with Gasteiger partial charge in [0.15, 0.2) is 0 Å². The van der Waals surface area contributed by atoms with Crippen LogP contribution in [0.2, 0.25) is 0 Å². The van der Waals surface area contributed by atoms with E-state index in [0.717, 1.165) is 73.1 Å². The Morgan fingerprint density at radius 1 is 0.122 bits per heavy atom. The molecule has 0 atom stereocenters. The number of furan rings is 1. The molecule has 0 aliphatic rings. The van der Waals surface area contributed by atoms with Gasteiger partial charge in [0.05, 0.1) is 0 Å². The van der Waals surface area contributed by atoms with Gasteiger partial charge in [0, 0.05) is 108 Å². The lowest BCUT2D eigenvalue weighted by Gasteiger charge is -2.26. The second-order valence-corrected chi connectivity index (χ2v) is 39.9. The Bertz CT molecular complexity index is 9370. The molecule has 0 N–H and O–H groups in total. The van der Waals surface area contributed by atoms with Crippen LogP contribution >= 0.6 is 22.7 Å². The monoisotopic (exact) mass is 1920 g/mol. The zero-order chi connectivity index (χ0) is 98.2. The maximum absolute atomic E-state index is 6.33. The van der Waals surface area contributed by atoms with Crippen LogP contribution in [0.15, 0.2) is 581 Å². The third kappa shape index (κ3) is 17.6. The average molecular weight is 1920 g/mol. The number of para-hydroxylation sites is 1. The Kier molecular flexibility index (Phi) is 23.8. The first kappa shape index (κ1) is 89.3. The van der Waals surface area contributed by atoms with Gasteiger partial charge >= 0.3 is 0 Å². The van der Waals surface area contributed by atoms with E-state index in [1.165, 1.54) is 184 Å². The van der Waals surface area contributed by atoms with Crippen LogP contribution in [0.5, 0.6) is 0 Å². The minimum Gasteiger partial charge on any atom is -0.456 e. The fraction of sp³-hybridized carbons (Fsp3) is 0. The Balaban J connectivity index is 0.000000112. The summed E-state index contributed by atoms with van der Waals surface area (Å²) in [6.07, 6.45) is 0. The van der Waals surface area contributed by atoms with Crippen molar-refractivity contribution in [3.8, 4) is 100 Å². The van der Waals surface area contributed by atoms with Gasteiger partial charge in [0.25, 0.3) is 0 Å². The smallest absolute Gasteiger partial charge is 0.137 e. The van der Waals surface area contributed by atoms with Crippen LogP contribution in [0.4, 0.5) is 51.2 Å². The van der Waals surface area contributed by atoms with Crippen molar-refractivity contribution in [2.45, 2.75) is 0 Å². The van der Waals surface area contributed by atoms with E-state index in [1.54, 1.807) is 0 Å². The molecular formula is C142H95N3OS2. The fourth-order valence-electron chi connectivity index (χ4n) is 21.4. The minimum atomic E-state index is 0.875. The molecule has 3 heterocycles. The lowest BCUT2D eigenvalue weighted by molar-refractivity contribution is 0.669. The van der Waals surface area contributed by atoms with Crippen molar-refractivity contribution in [2.75, 3.05) is 14.7 Å². The van der Waals surface area contributed by atoms with Crippen molar-refractivity contribution in [1.29, 1.82) is 0 Å². The Morgan fingerprint density at radius 2 is 0.358 bits per heavy atom. The summed E-state index contributed by atoms with van der Waals surface area (Å²) in [4.78, 5) is 7.07. The third-order valence-corrected chi connectivity index (χ3v) is 31.0. The number of hydrogen-bond acceptors (Lipinski definition) is 6. The first-order valence-corrected chi connectivity index (χ1v) is 52.1. The summed E-state index contributed by atoms with van der Waals surface area (Å²) in [5, 5.41) is 17.5. The van der Waals surface area contributed by atoms with E-state index in [0.29, 0.717) is 0 Å². The fourth-order valence-corrected chi connectivity index (χ4v) is 23.7. The van der Waals surface area contributed by atoms with Gasteiger partial charge in [-0.15, -0.1) is 22.7 Å². The molecule has 25 aromatic carbocycles. The molecule has 0 aliphatic heterocycles. The Hall–Kier alpha value is -18.8. The molecule has 0 unspecified atom stereocenters. The van der Waals surface area contributed by atoms with E-state index in [1.807, 2.05) is 34.8 Å². The summed E-state index contributed by atoms with van der Waals surface area (Å²) < 4.78 is 11.5. The number of anilines is 9. The van der Waals surface area contributed by atoms with E-state index < -0.39 is 0 Å². The zero-order valence-corrected chi connectivity index (χ0v) is 82.5. The predicted molar refractivity (Wildman–Crippen MR) is 635 cm³/mol. The highest BCUT2D eigenvalue weighted by molar-refractivity contribution is 7.26. The molecule has 0 radical (unpaired) electrons. The highest BCUT2D eigenvalue weighted by atomic mass is 32.1. The average Bonchev–Trinajstić information content (AvgIpc) is 1.49. The van der Waals surface area contributed by atoms with Crippen molar-refractivity contribution >= 4 is 179 Å². The van der Waals surface area contributed by atoms with Gasteiger partial charge < -0.3 is 19.1 Å². The summed E-state index contributed by atoms with van der Waals surface area (Å²) in [7, 11) is 0. The molecule has 148 heavy (non-hydrogen) atoms. The van der Waals surface area contributed by atoms with Crippen LogP contribution in [-0.4, -0.2) is 0 Å². The first-order valence-electron chi connectivity index (χ1n) is 50.4. The Labute approximate surface area is 868 Å². The van der Waals surface area contributed by atoms with Crippen molar-refractivity contribution in [2.24, 2.45) is 0 Å². The minimum absolute atomic E-state index is 0.875. The summed E-state index contributed by atoms with van der Waals surface area (Å²) in [5.41, 5.74) is 33.6. The van der Waals surface area contributed by atoms with Crippen molar-refractivity contribution in [3.63, 3.8) is 0 Å². The summed E-state index contributed by atoms with van der Waals surface area (Å²) in [6, 6.07) is 208. The van der Waals surface area contributed by atoms with Gasteiger partial charge in [-0.25, -0.2) is 0 Å². The number of benzene rings is 25. The molecule has 0 bridgehead atoms. The van der Waals surface area contributed by atoms with Crippen LogP contribution in [0.1, 0.15) is 0 Å². The molecule has 0 fully saturated rings. The molecule has 4 nitrogen and oxygen atoms in total. The van der Waals surface area contributed by atoms with Gasteiger partial charge in [-0.2, -0.15) is 0 Å². The molecule has 28 aromatic rings. The SMILES string of the molecule is c1ccc(-c2cc(-c3ccc(N(c4ccc(-c5cccc6ccccc56)cc4)c4ccc5c(c4)sc4ccccc45)cc3)c3ccccc3c2)cc1.c1ccc(-c2ccc(N(c3ccc(-c4cc(-c5ccccc5)cc5ccccc45)cc3)c3ccc4c(c3)oc3ccccc34)cc2)cc1.c1ccc(-c2ccc(N(c3ccc(-c4cc(-c5ccccc5)cc5ccccc45)cc3)c3ccc4c(c3)sc3ccccc34)cc2)cc1. The van der Waals surface area contributed by atoms with Gasteiger partial charge in [-0.05, 0) is 307 Å². The predicted octanol–water partition coefficient (Wildman–Crippen LogP) is 41.7. The lowest BCUT2D eigenvalue weighted by atomic mass is 9.93. The second kappa shape index (κ2) is 39.5. The van der Waals surface area contributed by atoms with Crippen LogP contribution in [0, 0.1) is 0 Å². The molecule has 696 valence electrons. The number of fused-ring (bicyclic) bond motifs is 13. The lowest BCUT2D eigenvalue weighted by Crippen LogP contribution is -2.09. The summed E-state index contributed by atoms with van der Waals surface area (Å²) in [6.45, 7) is 0. The zero-order valence-electron chi connectivity index (χ0n) is 80.9. The molecule has 3 aromatic heterocycles. The molecule has 0 spiro atoms. The van der Waals surface area contributed by atoms with Crippen LogP contribution in [0.25, 0.3) is 206 Å². The number of thiophene rings is 2. The van der Waals surface area contributed by atoms with Crippen molar-refractivity contribution < 1.29 is 4.42 Å². The standard InChI is InChI=1S/C50H33NS.C46H31NO.C46H31NS/c1-2-11-34(12-3-1)39-31-38-14-5-7-17-45(38)48(32-39)37-23-27-41(28-24-37)51(42-29-30-47-46-18-8-9-20-49(46)52-50(47)33-42)40-25-21-36(22-26-40)44-19-10-15-35-13-4-6-16-43(35)44;2*1-3-11-32(12-4-1)34-19-23-38(24-20-34)47(40-27-28-43-42-17-9-10-18-45(42)48-46(43)31-40)39-25-21-35(22-26-39)44-30-37(33-13-5-2-6-14-33)29-36-15-7-8-16-41(36)44/h1-33H;2*1-31H. The van der Waals surface area contributed by atoms with Gasteiger partial charge in [-0.1, -0.05) is 406 Å². The van der Waals surface area contributed by atoms with E-state index >= 15 is 0 Å². The normalized spacial score (nSPS) is 11.4. The molecule has 0 saturated carbocycles. The van der Waals surface area contributed by atoms with Crippen molar-refractivity contribution in [3.05, 3.63) is 576 Å². The highest BCUT2D eigenvalue weighted by Gasteiger charge is 2.24. The first-order chi connectivity index (χ1) is 73.3. The second-order valence-electron chi connectivity index (χ2n) is 37.7. The maximum Gasteiger partial charge on any atom is 0.137 e.